The van der Waals surface area contributed by atoms with Crippen LogP contribution in [0.5, 0.6) is 0 Å². The number of carboxylic acid groups (broad SMARTS) is 1. The predicted octanol–water partition coefficient (Wildman–Crippen LogP) is -0.155. The summed E-state index contributed by atoms with van der Waals surface area (Å²) in [5, 5.41) is 8.75. The number of nitrogen functional groups attached to an aromatic ring is 1. The molecule has 0 fully saturated rings. The van der Waals surface area contributed by atoms with E-state index in [1.54, 1.807) is 0 Å². The molecule has 6 nitrogen and oxygen atoms in total. The second kappa shape index (κ2) is 2.80. The summed E-state index contributed by atoms with van der Waals surface area (Å²) in [6.45, 7) is 0. The van der Waals surface area contributed by atoms with Crippen molar-refractivity contribution in [3.63, 3.8) is 0 Å². The first-order valence-corrected chi connectivity index (χ1v) is 5.34. The number of hydrogen-bond acceptors (Lipinski definition) is 4. The molecule has 1 aliphatic rings. The minimum atomic E-state index is -3.95. The molecule has 0 saturated heterocycles. The molecule has 0 radical (unpaired) electrons. The van der Waals surface area contributed by atoms with Crippen LogP contribution in [0.4, 0.5) is 5.69 Å². The molecule has 3 N–H and O–H groups in total. The zero-order valence-corrected chi connectivity index (χ0v) is 8.15. The van der Waals surface area contributed by atoms with Gasteiger partial charge in [-0.25, -0.2) is 4.79 Å². The van der Waals surface area contributed by atoms with Crippen molar-refractivity contribution in [3.8, 4) is 0 Å². The van der Waals surface area contributed by atoms with Crippen molar-refractivity contribution in [2.45, 2.75) is 4.90 Å². The van der Waals surface area contributed by atoms with E-state index in [1.807, 2.05) is 0 Å². The summed E-state index contributed by atoms with van der Waals surface area (Å²) in [5.41, 5.74) is 5.03. The number of carboxylic acids is 1. The normalized spacial score (nSPS) is 16.9. The summed E-state index contributed by atoms with van der Waals surface area (Å²) in [5.74, 6) is -1.39. The highest BCUT2D eigenvalue weighted by Crippen LogP contribution is 2.31. The maximum absolute atomic E-state index is 11.5. The Labute approximate surface area is 85.1 Å². The van der Waals surface area contributed by atoms with Gasteiger partial charge in [-0.15, -0.1) is 0 Å². The molecule has 1 aromatic carbocycles. The standard InChI is InChI=1S/C8H6N2O4S/c9-5-3-1-2-4-6(8(11)12)10-15(13,14)7(4)5/h1-3H,9H2,(H,11,12). The third-order valence-electron chi connectivity index (χ3n) is 1.97. The van der Waals surface area contributed by atoms with Crippen LogP contribution >= 0.6 is 0 Å². The van der Waals surface area contributed by atoms with Crippen LogP contribution in [-0.2, 0) is 14.8 Å². The van der Waals surface area contributed by atoms with Gasteiger partial charge in [0.1, 0.15) is 4.90 Å². The van der Waals surface area contributed by atoms with E-state index in [-0.39, 0.29) is 16.1 Å². The van der Waals surface area contributed by atoms with Crippen molar-refractivity contribution >= 4 is 27.4 Å². The molecule has 0 atom stereocenters. The third-order valence-corrected chi connectivity index (χ3v) is 3.37. The van der Waals surface area contributed by atoms with Crippen LogP contribution < -0.4 is 5.73 Å². The van der Waals surface area contributed by atoms with Gasteiger partial charge in [-0.3, -0.25) is 0 Å². The lowest BCUT2D eigenvalue weighted by atomic mass is 10.1. The minimum Gasteiger partial charge on any atom is -0.476 e. The molecule has 0 aliphatic carbocycles. The highest BCUT2D eigenvalue weighted by atomic mass is 32.2. The number of hydrogen-bond donors (Lipinski definition) is 2. The van der Waals surface area contributed by atoms with Crippen LogP contribution in [0.25, 0.3) is 0 Å². The predicted molar refractivity (Wildman–Crippen MR) is 52.2 cm³/mol. The van der Waals surface area contributed by atoms with Gasteiger partial charge >= 0.3 is 5.97 Å². The molecule has 7 heteroatoms. The summed E-state index contributed by atoms with van der Waals surface area (Å²) in [7, 11) is -3.95. The smallest absolute Gasteiger partial charge is 0.356 e. The average molecular weight is 226 g/mol. The summed E-state index contributed by atoms with van der Waals surface area (Å²) < 4.78 is 26.1. The Morgan fingerprint density at radius 3 is 2.67 bits per heavy atom. The fourth-order valence-corrected chi connectivity index (χ4v) is 2.72. The maximum Gasteiger partial charge on any atom is 0.356 e. The van der Waals surface area contributed by atoms with Crippen LogP contribution in [0.1, 0.15) is 5.56 Å². The number of nitrogens with zero attached hydrogens (tertiary/aromatic N) is 1. The Kier molecular flexibility index (Phi) is 1.80. The minimum absolute atomic E-state index is 0.00694. The summed E-state index contributed by atoms with van der Waals surface area (Å²) in [6.07, 6.45) is 0. The molecule has 0 aromatic heterocycles. The van der Waals surface area contributed by atoms with Crippen molar-refractivity contribution in [1.29, 1.82) is 0 Å². The monoisotopic (exact) mass is 226 g/mol. The quantitative estimate of drug-likeness (QED) is 0.647. The van der Waals surface area contributed by atoms with Crippen molar-refractivity contribution in [3.05, 3.63) is 23.8 Å². The topological polar surface area (TPSA) is 110 Å². The molecule has 15 heavy (non-hydrogen) atoms. The van der Waals surface area contributed by atoms with Crippen molar-refractivity contribution in [2.75, 3.05) is 5.73 Å². The van der Waals surface area contributed by atoms with Gasteiger partial charge in [0, 0.05) is 5.56 Å². The molecule has 0 spiro atoms. The molecule has 1 aliphatic heterocycles. The summed E-state index contributed by atoms with van der Waals surface area (Å²) in [4.78, 5) is 10.5. The fourth-order valence-electron chi connectivity index (χ4n) is 1.40. The lowest BCUT2D eigenvalue weighted by Crippen LogP contribution is -2.12. The molecule has 0 unspecified atom stereocenters. The average Bonchev–Trinajstić information content (AvgIpc) is 2.39. The number of rotatable bonds is 1. The molecular weight excluding hydrogens is 220 g/mol. The zero-order valence-electron chi connectivity index (χ0n) is 7.34. The Morgan fingerprint density at radius 2 is 2.07 bits per heavy atom. The van der Waals surface area contributed by atoms with Gasteiger partial charge in [0.2, 0.25) is 0 Å². The maximum atomic E-state index is 11.5. The van der Waals surface area contributed by atoms with E-state index in [4.69, 9.17) is 10.8 Å². The highest BCUT2D eigenvalue weighted by molar-refractivity contribution is 7.91. The highest BCUT2D eigenvalue weighted by Gasteiger charge is 2.34. The molecule has 0 amide bonds. The van der Waals surface area contributed by atoms with Gasteiger partial charge < -0.3 is 10.8 Å². The van der Waals surface area contributed by atoms with Gasteiger partial charge in [0.15, 0.2) is 5.71 Å². The van der Waals surface area contributed by atoms with Crippen LogP contribution in [-0.4, -0.2) is 25.2 Å². The Morgan fingerprint density at radius 1 is 1.40 bits per heavy atom. The molecule has 0 bridgehead atoms. The van der Waals surface area contributed by atoms with Crippen molar-refractivity contribution < 1.29 is 18.3 Å². The molecule has 1 aromatic rings. The SMILES string of the molecule is Nc1cccc2c1S(=O)(=O)N=C2C(=O)O. The van der Waals surface area contributed by atoms with Crippen LogP contribution in [0.15, 0.2) is 27.5 Å². The van der Waals surface area contributed by atoms with Crippen molar-refractivity contribution in [2.24, 2.45) is 4.40 Å². The Hall–Kier alpha value is -1.89. The lowest BCUT2D eigenvalue weighted by molar-refractivity contribution is -0.129. The van der Waals surface area contributed by atoms with Gasteiger partial charge in [-0.05, 0) is 6.07 Å². The Bertz CT molecular complexity index is 589. The molecule has 2 rings (SSSR count). The molecule has 78 valence electrons. The van der Waals surface area contributed by atoms with E-state index in [0.29, 0.717) is 0 Å². The van der Waals surface area contributed by atoms with Crippen molar-refractivity contribution in [1.82, 2.24) is 0 Å². The van der Waals surface area contributed by atoms with E-state index < -0.39 is 21.7 Å². The number of fused-ring (bicyclic) bond motifs is 1. The first-order valence-electron chi connectivity index (χ1n) is 3.90. The second-order valence-corrected chi connectivity index (χ2v) is 4.48. The first-order chi connectivity index (χ1) is 6.93. The van der Waals surface area contributed by atoms with Gasteiger partial charge in [0.25, 0.3) is 10.0 Å². The molecule has 1 heterocycles. The molecular formula is C8H6N2O4S. The van der Waals surface area contributed by atoms with E-state index in [0.717, 1.165) is 0 Å². The van der Waals surface area contributed by atoms with E-state index in [9.17, 15) is 13.2 Å². The number of benzene rings is 1. The number of aliphatic carboxylic acids is 1. The van der Waals surface area contributed by atoms with E-state index in [1.165, 1.54) is 18.2 Å². The van der Waals surface area contributed by atoms with Gasteiger partial charge in [0.05, 0.1) is 5.69 Å². The summed E-state index contributed by atoms with van der Waals surface area (Å²) in [6, 6.07) is 4.23. The van der Waals surface area contributed by atoms with E-state index in [2.05, 4.69) is 4.40 Å². The van der Waals surface area contributed by atoms with Crippen LogP contribution in [0.2, 0.25) is 0 Å². The largest absolute Gasteiger partial charge is 0.476 e. The second-order valence-electron chi connectivity index (χ2n) is 2.94. The summed E-state index contributed by atoms with van der Waals surface area (Å²) >= 11 is 0. The van der Waals surface area contributed by atoms with Crippen LogP contribution in [0, 0.1) is 0 Å². The number of anilines is 1. The number of nitrogens with two attached hydrogens (primary N) is 1. The zero-order chi connectivity index (χ0) is 11.2. The number of sulfonamides is 1. The third kappa shape index (κ3) is 1.28. The van der Waals surface area contributed by atoms with Crippen LogP contribution in [0.3, 0.4) is 0 Å². The van der Waals surface area contributed by atoms with E-state index >= 15 is 0 Å². The molecule has 0 saturated carbocycles. The lowest BCUT2D eigenvalue weighted by Gasteiger charge is -2.00. The van der Waals surface area contributed by atoms with Gasteiger partial charge in [-0.2, -0.15) is 12.8 Å². The number of carbonyl (C=O) groups is 1. The first kappa shape index (κ1) is 9.66. The fraction of sp³-hybridized carbons (Fsp3) is 0. The Balaban J connectivity index is 2.85. The van der Waals surface area contributed by atoms with Gasteiger partial charge in [-0.1, -0.05) is 12.1 Å².